The van der Waals surface area contributed by atoms with Crippen LogP contribution in [0.3, 0.4) is 0 Å². The van der Waals surface area contributed by atoms with E-state index < -0.39 is 0 Å². The summed E-state index contributed by atoms with van der Waals surface area (Å²) in [5.41, 5.74) is 0. The Balaban J connectivity index is 3.20. The van der Waals surface area contributed by atoms with Crippen LogP contribution in [0, 0.1) is 0 Å². The van der Waals surface area contributed by atoms with Gasteiger partial charge in [-0.15, -0.1) is 11.8 Å². The van der Waals surface area contributed by atoms with Crippen molar-refractivity contribution in [3.8, 4) is 0 Å². The average molecular weight is 132 g/mol. The lowest BCUT2D eigenvalue weighted by Gasteiger charge is -2.05. The molecule has 0 aliphatic rings. The number of thioether (sulfide) groups is 1. The number of aliphatic hydroxyl groups is 1. The van der Waals surface area contributed by atoms with Crippen molar-refractivity contribution in [2.75, 3.05) is 6.61 Å². The van der Waals surface area contributed by atoms with E-state index in [-0.39, 0.29) is 6.61 Å². The quantitative estimate of drug-likeness (QED) is 0.627. The molecule has 0 aliphatic heterocycles. The molecule has 0 spiro atoms. The van der Waals surface area contributed by atoms with E-state index in [1.807, 2.05) is 0 Å². The molecule has 0 fully saturated rings. The first-order valence-corrected chi connectivity index (χ1v) is 3.66. The summed E-state index contributed by atoms with van der Waals surface area (Å²) >= 11 is 1.59. The Morgan fingerprint density at radius 1 is 1.88 bits per heavy atom. The predicted octanol–water partition coefficient (Wildman–Crippen LogP) is 1.63. The van der Waals surface area contributed by atoms with Crippen molar-refractivity contribution in [1.29, 1.82) is 0 Å². The van der Waals surface area contributed by atoms with Crippen LogP contribution in [0.25, 0.3) is 0 Å². The molecule has 2 heteroatoms. The molecule has 0 rings (SSSR count). The molecule has 48 valence electrons. The van der Waals surface area contributed by atoms with Crippen molar-refractivity contribution in [2.24, 2.45) is 0 Å². The highest BCUT2D eigenvalue weighted by molar-refractivity contribution is 8.02. The van der Waals surface area contributed by atoms with E-state index in [0.29, 0.717) is 5.25 Å². The van der Waals surface area contributed by atoms with Crippen molar-refractivity contribution < 1.29 is 5.11 Å². The van der Waals surface area contributed by atoms with Crippen LogP contribution in [0.5, 0.6) is 0 Å². The Labute approximate surface area is 54.8 Å². The summed E-state index contributed by atoms with van der Waals surface area (Å²) in [5.74, 6) is 0. The van der Waals surface area contributed by atoms with E-state index in [4.69, 9.17) is 5.11 Å². The monoisotopic (exact) mass is 132 g/mol. The van der Waals surface area contributed by atoms with Crippen LogP contribution in [0.2, 0.25) is 0 Å². The van der Waals surface area contributed by atoms with Crippen LogP contribution in [-0.2, 0) is 0 Å². The first-order valence-electron chi connectivity index (χ1n) is 2.72. The summed E-state index contributed by atoms with van der Waals surface area (Å²) in [7, 11) is 0. The molecule has 1 unspecified atom stereocenters. The second-order valence-electron chi connectivity index (χ2n) is 1.52. The van der Waals surface area contributed by atoms with Gasteiger partial charge >= 0.3 is 0 Å². The molecule has 0 aromatic heterocycles. The van der Waals surface area contributed by atoms with Gasteiger partial charge < -0.3 is 5.11 Å². The summed E-state index contributed by atoms with van der Waals surface area (Å²) in [4.78, 5) is 0. The van der Waals surface area contributed by atoms with Crippen molar-refractivity contribution in [3.63, 3.8) is 0 Å². The maximum absolute atomic E-state index is 8.59. The molecule has 0 saturated heterocycles. The van der Waals surface area contributed by atoms with E-state index in [1.165, 1.54) is 0 Å². The van der Waals surface area contributed by atoms with E-state index in [0.717, 1.165) is 6.42 Å². The first kappa shape index (κ1) is 8.05. The minimum absolute atomic E-state index is 0.257. The van der Waals surface area contributed by atoms with Gasteiger partial charge in [-0.2, -0.15) is 0 Å². The molecule has 1 atom stereocenters. The van der Waals surface area contributed by atoms with Gasteiger partial charge in [0.15, 0.2) is 0 Å². The minimum atomic E-state index is 0.257. The van der Waals surface area contributed by atoms with Gasteiger partial charge in [-0.05, 0) is 11.8 Å². The fourth-order valence-corrected chi connectivity index (χ4v) is 0.955. The van der Waals surface area contributed by atoms with E-state index >= 15 is 0 Å². The zero-order valence-electron chi connectivity index (χ0n) is 5.13. The molecule has 0 bridgehead atoms. The molecule has 1 N–H and O–H groups in total. The number of hydrogen-bond donors (Lipinski definition) is 1. The van der Waals surface area contributed by atoms with Gasteiger partial charge in [0.2, 0.25) is 0 Å². The Kier molecular flexibility index (Phi) is 5.22. The predicted molar refractivity (Wildman–Crippen MR) is 39.0 cm³/mol. The highest BCUT2D eigenvalue weighted by atomic mass is 32.2. The standard InChI is InChI=1S/C6H12OS/c1-3-6(5-7)8-4-2/h4,6-7H,2-3,5H2,1H3. The van der Waals surface area contributed by atoms with Crippen molar-refractivity contribution in [2.45, 2.75) is 18.6 Å². The molecule has 0 aromatic carbocycles. The molecular weight excluding hydrogens is 120 g/mol. The number of rotatable bonds is 4. The van der Waals surface area contributed by atoms with E-state index in [2.05, 4.69) is 13.5 Å². The Morgan fingerprint density at radius 2 is 2.50 bits per heavy atom. The van der Waals surface area contributed by atoms with Gasteiger partial charge in [-0.3, -0.25) is 0 Å². The SMILES string of the molecule is C=CSC(CC)CO. The van der Waals surface area contributed by atoms with Gasteiger partial charge in [0, 0.05) is 5.25 Å². The van der Waals surface area contributed by atoms with Crippen LogP contribution < -0.4 is 0 Å². The molecule has 0 amide bonds. The first-order chi connectivity index (χ1) is 3.85. The zero-order chi connectivity index (χ0) is 6.41. The van der Waals surface area contributed by atoms with Crippen LogP contribution in [0.1, 0.15) is 13.3 Å². The lowest BCUT2D eigenvalue weighted by atomic mass is 10.3. The Hall–Kier alpha value is 0.0500. The topological polar surface area (TPSA) is 20.2 Å². The summed E-state index contributed by atoms with van der Waals surface area (Å²) in [5, 5.41) is 10.7. The molecule has 0 aliphatic carbocycles. The Bertz CT molecular complexity index is 59.5. The van der Waals surface area contributed by atoms with Crippen LogP contribution >= 0.6 is 11.8 Å². The van der Waals surface area contributed by atoms with E-state index in [9.17, 15) is 0 Å². The molecule has 1 nitrogen and oxygen atoms in total. The van der Waals surface area contributed by atoms with Crippen molar-refractivity contribution >= 4 is 11.8 Å². The normalized spacial score (nSPS) is 13.2. The summed E-state index contributed by atoms with van der Waals surface area (Å²) in [6, 6.07) is 0. The molecule has 0 heterocycles. The van der Waals surface area contributed by atoms with Gasteiger partial charge in [0.1, 0.15) is 0 Å². The third kappa shape index (κ3) is 3.10. The lowest BCUT2D eigenvalue weighted by molar-refractivity contribution is 0.293. The van der Waals surface area contributed by atoms with Gasteiger partial charge in [-0.1, -0.05) is 13.5 Å². The van der Waals surface area contributed by atoms with Gasteiger partial charge in [0.05, 0.1) is 6.61 Å². The van der Waals surface area contributed by atoms with Crippen LogP contribution in [-0.4, -0.2) is 17.0 Å². The fraction of sp³-hybridized carbons (Fsp3) is 0.667. The zero-order valence-corrected chi connectivity index (χ0v) is 5.95. The maximum Gasteiger partial charge on any atom is 0.0553 e. The van der Waals surface area contributed by atoms with Crippen LogP contribution in [0.15, 0.2) is 12.0 Å². The summed E-state index contributed by atoms with van der Waals surface area (Å²) < 4.78 is 0. The summed E-state index contributed by atoms with van der Waals surface area (Å²) in [6.07, 6.45) is 1.01. The molecule has 0 aromatic rings. The molecule has 0 saturated carbocycles. The van der Waals surface area contributed by atoms with Crippen LogP contribution in [0.4, 0.5) is 0 Å². The second-order valence-corrected chi connectivity index (χ2v) is 2.79. The van der Waals surface area contributed by atoms with Gasteiger partial charge in [0.25, 0.3) is 0 Å². The highest BCUT2D eigenvalue weighted by Gasteiger charge is 1.99. The van der Waals surface area contributed by atoms with Crippen molar-refractivity contribution in [3.05, 3.63) is 12.0 Å². The third-order valence-corrected chi connectivity index (χ3v) is 2.01. The molecule has 0 radical (unpaired) electrons. The fourth-order valence-electron chi connectivity index (χ4n) is 0.404. The molecule has 8 heavy (non-hydrogen) atoms. The highest BCUT2D eigenvalue weighted by Crippen LogP contribution is 2.13. The minimum Gasteiger partial charge on any atom is -0.395 e. The van der Waals surface area contributed by atoms with Gasteiger partial charge in [-0.25, -0.2) is 0 Å². The maximum atomic E-state index is 8.59. The smallest absolute Gasteiger partial charge is 0.0553 e. The second kappa shape index (κ2) is 5.19. The Morgan fingerprint density at radius 3 is 2.62 bits per heavy atom. The average Bonchev–Trinajstić information content (AvgIpc) is 1.83. The molecular formula is C6H12OS. The third-order valence-electron chi connectivity index (χ3n) is 0.948. The summed E-state index contributed by atoms with van der Waals surface area (Å²) in [6.45, 7) is 5.86. The van der Waals surface area contributed by atoms with E-state index in [1.54, 1.807) is 17.2 Å². The number of hydrogen-bond acceptors (Lipinski definition) is 2. The lowest BCUT2D eigenvalue weighted by Crippen LogP contribution is -2.04. The van der Waals surface area contributed by atoms with Crippen molar-refractivity contribution in [1.82, 2.24) is 0 Å². The number of aliphatic hydroxyl groups excluding tert-OH is 1. The largest absolute Gasteiger partial charge is 0.395 e.